The molecule has 1 N–H and O–H groups in total. The molecule has 0 aromatic heterocycles. The van der Waals surface area contributed by atoms with Gasteiger partial charge in [0.05, 0.1) is 10.5 Å². The van der Waals surface area contributed by atoms with Crippen LogP contribution in [0.2, 0.25) is 0 Å². The van der Waals surface area contributed by atoms with Gasteiger partial charge in [-0.05, 0) is 38.3 Å². The van der Waals surface area contributed by atoms with E-state index in [-0.39, 0.29) is 5.75 Å². The lowest BCUT2D eigenvalue weighted by molar-refractivity contribution is 0.190. The molecule has 0 spiro atoms. The van der Waals surface area contributed by atoms with Crippen LogP contribution in [0.25, 0.3) is 0 Å². The molecule has 27 heavy (non-hydrogen) atoms. The van der Waals surface area contributed by atoms with Gasteiger partial charge in [-0.1, -0.05) is 24.3 Å². The first-order chi connectivity index (χ1) is 12.7. The molecule has 150 valence electrons. The number of nitrogens with one attached hydrogen (secondary N) is 1. The fourth-order valence-electron chi connectivity index (χ4n) is 3.92. The minimum absolute atomic E-state index is 0.180. The number of guanidine groups is 1. The van der Waals surface area contributed by atoms with E-state index in [0.29, 0.717) is 19.1 Å². The van der Waals surface area contributed by atoms with Gasteiger partial charge in [-0.2, -0.15) is 0 Å². The van der Waals surface area contributed by atoms with Crippen LogP contribution in [0.4, 0.5) is 0 Å². The highest BCUT2D eigenvalue weighted by Gasteiger charge is 2.41. The van der Waals surface area contributed by atoms with Crippen molar-refractivity contribution in [3.05, 3.63) is 35.4 Å². The summed E-state index contributed by atoms with van der Waals surface area (Å²) in [5.41, 5.74) is 2.88. The first-order valence-electron chi connectivity index (χ1n) is 9.72. The quantitative estimate of drug-likeness (QED) is 0.624. The smallest absolute Gasteiger partial charge is 0.193 e. The monoisotopic (exact) mass is 392 g/mol. The summed E-state index contributed by atoms with van der Waals surface area (Å²) in [6, 6.07) is 9.04. The number of rotatable bonds is 3. The van der Waals surface area contributed by atoms with E-state index in [4.69, 9.17) is 0 Å². The molecule has 6 nitrogen and oxygen atoms in total. The van der Waals surface area contributed by atoms with Gasteiger partial charge in [0, 0.05) is 45.8 Å². The Hall–Kier alpha value is -1.60. The number of nitrogens with zero attached hydrogens (tertiary/aromatic N) is 3. The van der Waals surface area contributed by atoms with Gasteiger partial charge in [-0.15, -0.1) is 0 Å². The summed E-state index contributed by atoms with van der Waals surface area (Å²) in [6.07, 6.45) is 1.09. The third-order valence-electron chi connectivity index (χ3n) is 5.89. The number of aliphatic imine (C=N–C) groups is 1. The van der Waals surface area contributed by atoms with E-state index >= 15 is 0 Å². The summed E-state index contributed by atoms with van der Waals surface area (Å²) < 4.78 is 23.7. The van der Waals surface area contributed by atoms with Crippen LogP contribution in [0, 0.1) is 0 Å². The molecule has 1 fully saturated rings. The zero-order chi connectivity index (χ0) is 19.7. The van der Waals surface area contributed by atoms with Gasteiger partial charge in [0.2, 0.25) is 0 Å². The van der Waals surface area contributed by atoms with Crippen molar-refractivity contribution < 1.29 is 8.42 Å². The number of hydrogen-bond donors (Lipinski definition) is 1. The number of benzene rings is 1. The van der Waals surface area contributed by atoms with Gasteiger partial charge >= 0.3 is 0 Å². The third kappa shape index (κ3) is 4.29. The fourth-order valence-corrected chi connectivity index (χ4v) is 5.28. The van der Waals surface area contributed by atoms with Crippen LogP contribution in [0.1, 0.15) is 31.9 Å². The molecule has 1 atom stereocenters. The Morgan fingerprint density at radius 2 is 1.96 bits per heavy atom. The van der Waals surface area contributed by atoms with E-state index < -0.39 is 14.6 Å². The van der Waals surface area contributed by atoms with E-state index in [9.17, 15) is 8.42 Å². The molecule has 2 heterocycles. The van der Waals surface area contributed by atoms with Crippen molar-refractivity contribution in [2.24, 2.45) is 4.99 Å². The van der Waals surface area contributed by atoms with Crippen molar-refractivity contribution in [3.63, 3.8) is 0 Å². The van der Waals surface area contributed by atoms with E-state index in [2.05, 4.69) is 51.3 Å². The molecule has 0 aliphatic carbocycles. The number of sulfone groups is 1. The molecule has 1 unspecified atom stereocenters. The van der Waals surface area contributed by atoms with Crippen LogP contribution in [-0.4, -0.2) is 73.9 Å². The third-order valence-corrected chi connectivity index (χ3v) is 8.43. The van der Waals surface area contributed by atoms with E-state index in [1.165, 1.54) is 11.1 Å². The van der Waals surface area contributed by atoms with Crippen LogP contribution in [0.5, 0.6) is 0 Å². The molecular weight excluding hydrogens is 360 g/mol. The molecule has 1 saturated heterocycles. The normalized spacial score (nSPS) is 23.6. The van der Waals surface area contributed by atoms with Crippen molar-refractivity contribution in [2.45, 2.75) is 44.5 Å². The Kier molecular flexibility index (Phi) is 5.82. The van der Waals surface area contributed by atoms with Crippen molar-refractivity contribution in [2.75, 3.05) is 39.0 Å². The van der Waals surface area contributed by atoms with Crippen molar-refractivity contribution in [1.82, 2.24) is 15.1 Å². The topological polar surface area (TPSA) is 65.0 Å². The Labute approximate surface area is 163 Å². The summed E-state index contributed by atoms with van der Waals surface area (Å²) in [5.74, 6) is 0.973. The minimum Gasteiger partial charge on any atom is -0.355 e. The molecule has 0 bridgehead atoms. The average molecular weight is 393 g/mol. The summed E-state index contributed by atoms with van der Waals surface area (Å²) in [4.78, 5) is 8.96. The van der Waals surface area contributed by atoms with E-state index in [1.807, 2.05) is 0 Å². The van der Waals surface area contributed by atoms with Crippen LogP contribution in [-0.2, 0) is 22.8 Å². The zero-order valence-corrected chi connectivity index (χ0v) is 17.7. The van der Waals surface area contributed by atoms with Crippen LogP contribution >= 0.6 is 0 Å². The molecule has 0 radical (unpaired) electrons. The highest BCUT2D eigenvalue weighted by atomic mass is 32.2. The van der Waals surface area contributed by atoms with Gasteiger partial charge in [0.25, 0.3) is 0 Å². The lowest BCUT2D eigenvalue weighted by Crippen LogP contribution is -2.58. The largest absolute Gasteiger partial charge is 0.355 e. The SMILES string of the molecule is CN=C(NCC(C)N1CCc2ccccc2C1)N1CCS(=O)(=O)C(C)(C)C1. The zero-order valence-electron chi connectivity index (χ0n) is 16.9. The Morgan fingerprint density at radius 3 is 2.63 bits per heavy atom. The summed E-state index contributed by atoms with van der Waals surface area (Å²) in [7, 11) is -1.28. The summed E-state index contributed by atoms with van der Waals surface area (Å²) in [5, 5.41) is 3.46. The predicted molar refractivity (Wildman–Crippen MR) is 111 cm³/mol. The summed E-state index contributed by atoms with van der Waals surface area (Å²) >= 11 is 0. The number of fused-ring (bicyclic) bond motifs is 1. The standard InChI is InChI=1S/C20H32N4O2S/c1-16(23-10-9-17-7-5-6-8-18(17)14-23)13-22-19(21-4)24-11-12-27(25,26)20(2,3)15-24/h5-8,16H,9-15H2,1-4H3,(H,21,22). The summed E-state index contributed by atoms with van der Waals surface area (Å²) in [6.45, 7) is 9.64. The van der Waals surface area contributed by atoms with Gasteiger partial charge in [0.15, 0.2) is 15.8 Å². The maximum Gasteiger partial charge on any atom is 0.193 e. The van der Waals surface area contributed by atoms with E-state index in [0.717, 1.165) is 32.0 Å². The molecule has 2 aliphatic rings. The molecule has 2 aliphatic heterocycles. The van der Waals surface area contributed by atoms with Crippen LogP contribution < -0.4 is 5.32 Å². The van der Waals surface area contributed by atoms with E-state index in [1.54, 1.807) is 20.9 Å². The molecule has 0 amide bonds. The molecule has 0 saturated carbocycles. The second-order valence-corrected chi connectivity index (χ2v) is 11.0. The van der Waals surface area contributed by atoms with Gasteiger partial charge in [-0.25, -0.2) is 8.42 Å². The minimum atomic E-state index is -3.05. The Bertz CT molecular complexity index is 804. The number of hydrogen-bond acceptors (Lipinski definition) is 4. The molecule has 7 heteroatoms. The average Bonchev–Trinajstić information content (AvgIpc) is 2.64. The maximum absolute atomic E-state index is 12.2. The van der Waals surface area contributed by atoms with Crippen molar-refractivity contribution >= 4 is 15.8 Å². The van der Waals surface area contributed by atoms with Crippen molar-refractivity contribution in [1.29, 1.82) is 0 Å². The second kappa shape index (κ2) is 7.80. The van der Waals surface area contributed by atoms with Gasteiger partial charge < -0.3 is 10.2 Å². The Morgan fingerprint density at radius 1 is 1.26 bits per heavy atom. The first kappa shape index (κ1) is 20.1. The van der Waals surface area contributed by atoms with Gasteiger partial charge in [-0.3, -0.25) is 9.89 Å². The van der Waals surface area contributed by atoms with Crippen molar-refractivity contribution in [3.8, 4) is 0 Å². The predicted octanol–water partition coefficient (Wildman–Crippen LogP) is 1.52. The maximum atomic E-state index is 12.2. The Balaban J connectivity index is 1.57. The lowest BCUT2D eigenvalue weighted by atomic mass is 9.99. The van der Waals surface area contributed by atoms with Gasteiger partial charge in [0.1, 0.15) is 0 Å². The highest BCUT2D eigenvalue weighted by molar-refractivity contribution is 7.92. The van der Waals surface area contributed by atoms with Crippen LogP contribution in [0.15, 0.2) is 29.3 Å². The fraction of sp³-hybridized carbons (Fsp3) is 0.650. The second-order valence-electron chi connectivity index (χ2n) is 8.27. The molecule has 3 rings (SSSR count). The first-order valence-corrected chi connectivity index (χ1v) is 11.4. The highest BCUT2D eigenvalue weighted by Crippen LogP contribution is 2.24. The molecule has 1 aromatic carbocycles. The molecule has 1 aromatic rings. The lowest BCUT2D eigenvalue weighted by Gasteiger charge is -2.40. The molecular formula is C20H32N4O2S. The van der Waals surface area contributed by atoms with Crippen LogP contribution in [0.3, 0.4) is 0 Å².